The number of aryl methyl sites for hydroxylation is 6. The molecule has 0 aliphatic heterocycles. The van der Waals surface area contributed by atoms with E-state index < -0.39 is 8.60 Å². The Kier molecular flexibility index (Phi) is 14.5. The van der Waals surface area contributed by atoms with Crippen molar-refractivity contribution in [3.63, 3.8) is 0 Å². The molecule has 0 heterocycles. The van der Waals surface area contributed by atoms with Gasteiger partial charge in [0, 0.05) is 0 Å². The largest absolute Gasteiger partial charge is 0.463 e. The highest BCUT2D eigenvalue weighted by molar-refractivity contribution is 7.42. The van der Waals surface area contributed by atoms with E-state index in [1.165, 1.54) is 71.9 Å². The molecule has 0 unspecified atom stereocenters. The first-order valence-corrected chi connectivity index (χ1v) is 15.6. The van der Waals surface area contributed by atoms with Crippen molar-refractivity contribution in [1.29, 1.82) is 0 Å². The summed E-state index contributed by atoms with van der Waals surface area (Å²) in [6.07, 6.45) is 13.8. The molecule has 0 amide bonds. The number of benzene rings is 2. The lowest BCUT2D eigenvalue weighted by molar-refractivity contribution is 0.277. The molecular formula is C32H51O3P. The van der Waals surface area contributed by atoms with Crippen LogP contribution in [0.5, 0.6) is 11.5 Å². The van der Waals surface area contributed by atoms with Gasteiger partial charge in [0.1, 0.15) is 11.5 Å². The van der Waals surface area contributed by atoms with E-state index in [0.717, 1.165) is 50.0 Å². The van der Waals surface area contributed by atoms with Crippen molar-refractivity contribution in [3.05, 3.63) is 57.6 Å². The third-order valence-electron chi connectivity index (χ3n) is 6.63. The van der Waals surface area contributed by atoms with Gasteiger partial charge in [-0.05, 0) is 106 Å². The number of hydrogen-bond acceptors (Lipinski definition) is 3. The van der Waals surface area contributed by atoms with Gasteiger partial charge in [0.2, 0.25) is 0 Å². The van der Waals surface area contributed by atoms with Gasteiger partial charge in [0.15, 0.2) is 0 Å². The third-order valence-corrected chi connectivity index (χ3v) is 7.76. The van der Waals surface area contributed by atoms with Crippen LogP contribution in [0.3, 0.4) is 0 Å². The zero-order valence-corrected chi connectivity index (χ0v) is 25.1. The maximum atomic E-state index is 6.61. The number of unbranched alkanes of at least 4 members (excludes halogenated alkanes) is 4. The Bertz CT molecular complexity index is 837. The van der Waals surface area contributed by atoms with Crippen LogP contribution in [0.15, 0.2) is 24.3 Å². The van der Waals surface area contributed by atoms with Crippen molar-refractivity contribution in [2.24, 2.45) is 0 Å². The summed E-state index contributed by atoms with van der Waals surface area (Å²) in [7, 11) is -1.55. The number of hydrogen-bond donors (Lipinski definition) is 0. The molecule has 4 heteroatoms. The summed E-state index contributed by atoms with van der Waals surface area (Å²) < 4.78 is 19.3. The van der Waals surface area contributed by atoms with Crippen LogP contribution in [-0.4, -0.2) is 6.61 Å². The minimum absolute atomic E-state index is 0.557. The Morgan fingerprint density at radius 1 is 0.556 bits per heavy atom. The van der Waals surface area contributed by atoms with Gasteiger partial charge in [-0.3, -0.25) is 4.52 Å². The molecule has 202 valence electrons. The molecule has 0 N–H and O–H groups in total. The molecule has 0 saturated heterocycles. The van der Waals surface area contributed by atoms with E-state index in [-0.39, 0.29) is 0 Å². The van der Waals surface area contributed by atoms with Gasteiger partial charge >= 0.3 is 8.60 Å². The van der Waals surface area contributed by atoms with Gasteiger partial charge in [0.25, 0.3) is 0 Å². The summed E-state index contributed by atoms with van der Waals surface area (Å²) >= 11 is 0. The van der Waals surface area contributed by atoms with E-state index in [4.69, 9.17) is 13.6 Å². The maximum Gasteiger partial charge on any atom is 0.463 e. The van der Waals surface area contributed by atoms with E-state index in [0.29, 0.717) is 6.61 Å². The van der Waals surface area contributed by atoms with Crippen LogP contribution in [0.1, 0.15) is 119 Å². The van der Waals surface area contributed by atoms with Gasteiger partial charge in [-0.1, -0.05) is 77.6 Å². The molecule has 0 radical (unpaired) electrons. The molecule has 0 aliphatic rings. The van der Waals surface area contributed by atoms with Crippen LogP contribution in [0.25, 0.3) is 0 Å². The molecule has 0 spiro atoms. The van der Waals surface area contributed by atoms with E-state index in [1.807, 2.05) is 6.92 Å². The van der Waals surface area contributed by atoms with Crippen LogP contribution in [-0.2, 0) is 30.2 Å². The summed E-state index contributed by atoms with van der Waals surface area (Å²) in [4.78, 5) is 0. The predicted octanol–water partition coefficient (Wildman–Crippen LogP) is 10.4. The number of rotatable bonds is 18. The first-order chi connectivity index (χ1) is 17.5. The molecule has 2 aromatic rings. The SMILES string of the molecule is CCCCc1cc(C)c(OP(OCC)Oc2c(C)cc(CCCC)cc2CCCC)c(CCCC)c1. The highest BCUT2D eigenvalue weighted by Gasteiger charge is 2.23. The lowest BCUT2D eigenvalue weighted by atomic mass is 9.98. The highest BCUT2D eigenvalue weighted by Crippen LogP contribution is 2.46. The van der Waals surface area contributed by atoms with Crippen molar-refractivity contribution in [1.82, 2.24) is 0 Å². The van der Waals surface area contributed by atoms with Crippen molar-refractivity contribution in [2.45, 2.75) is 126 Å². The van der Waals surface area contributed by atoms with E-state index in [1.54, 1.807) is 0 Å². The summed E-state index contributed by atoms with van der Waals surface area (Å²) in [5, 5.41) is 0. The fourth-order valence-electron chi connectivity index (χ4n) is 4.60. The molecule has 0 bridgehead atoms. The monoisotopic (exact) mass is 514 g/mol. The molecule has 36 heavy (non-hydrogen) atoms. The van der Waals surface area contributed by atoms with Crippen LogP contribution >= 0.6 is 8.60 Å². The highest BCUT2D eigenvalue weighted by atomic mass is 31.2. The fraction of sp³-hybridized carbons (Fsp3) is 0.625. The first-order valence-electron chi connectivity index (χ1n) is 14.5. The molecule has 0 aromatic heterocycles. The minimum Gasteiger partial charge on any atom is -0.417 e. The lowest BCUT2D eigenvalue weighted by Gasteiger charge is -2.23. The van der Waals surface area contributed by atoms with E-state index in [2.05, 4.69) is 65.8 Å². The Morgan fingerprint density at radius 3 is 1.31 bits per heavy atom. The molecule has 0 saturated carbocycles. The first kappa shape index (κ1) is 30.7. The molecular weight excluding hydrogens is 463 g/mol. The minimum atomic E-state index is -1.55. The summed E-state index contributed by atoms with van der Waals surface area (Å²) in [5.41, 5.74) is 7.77. The van der Waals surface area contributed by atoms with Gasteiger partial charge in [0.05, 0.1) is 6.61 Å². The second-order valence-electron chi connectivity index (χ2n) is 10.0. The van der Waals surface area contributed by atoms with E-state index in [9.17, 15) is 0 Å². The molecule has 0 aliphatic carbocycles. The van der Waals surface area contributed by atoms with Gasteiger partial charge in [-0.25, -0.2) is 0 Å². The Morgan fingerprint density at radius 2 is 0.944 bits per heavy atom. The average molecular weight is 515 g/mol. The standard InChI is InChI=1S/C32H51O3P/c1-8-13-17-27-21-25(6)31(29(23-27)19-15-10-3)34-36(33-12-5)35-32-26(7)22-28(18-14-9-2)24-30(32)20-16-11-4/h21-24H,8-20H2,1-7H3. The van der Waals surface area contributed by atoms with Crippen LogP contribution < -0.4 is 9.05 Å². The Balaban J connectivity index is 2.37. The molecule has 0 atom stereocenters. The van der Waals surface area contributed by atoms with Crippen LogP contribution in [0.2, 0.25) is 0 Å². The fourth-order valence-corrected chi connectivity index (χ4v) is 5.77. The van der Waals surface area contributed by atoms with Crippen molar-refractivity contribution < 1.29 is 13.6 Å². The maximum absolute atomic E-state index is 6.61. The smallest absolute Gasteiger partial charge is 0.417 e. The van der Waals surface area contributed by atoms with Gasteiger partial charge in [-0.15, -0.1) is 0 Å². The molecule has 0 fully saturated rings. The topological polar surface area (TPSA) is 27.7 Å². The van der Waals surface area contributed by atoms with Crippen LogP contribution in [0.4, 0.5) is 0 Å². The quantitative estimate of drug-likeness (QED) is 0.185. The predicted molar refractivity (Wildman–Crippen MR) is 157 cm³/mol. The second-order valence-corrected chi connectivity index (χ2v) is 11.1. The van der Waals surface area contributed by atoms with Gasteiger partial charge in [-0.2, -0.15) is 0 Å². The summed E-state index contributed by atoms with van der Waals surface area (Å²) in [5.74, 6) is 1.91. The average Bonchev–Trinajstić information content (AvgIpc) is 2.86. The zero-order valence-electron chi connectivity index (χ0n) is 24.2. The second kappa shape index (κ2) is 17.0. The van der Waals surface area contributed by atoms with Gasteiger partial charge < -0.3 is 9.05 Å². The van der Waals surface area contributed by atoms with Crippen molar-refractivity contribution in [2.75, 3.05) is 6.61 Å². The Labute approximate surface area is 223 Å². The third kappa shape index (κ3) is 9.71. The summed E-state index contributed by atoms with van der Waals surface area (Å²) in [6, 6.07) is 9.29. The Hall–Kier alpha value is -1.57. The van der Waals surface area contributed by atoms with Crippen molar-refractivity contribution in [3.8, 4) is 11.5 Å². The van der Waals surface area contributed by atoms with E-state index >= 15 is 0 Å². The summed E-state index contributed by atoms with van der Waals surface area (Å²) in [6.45, 7) is 15.9. The lowest BCUT2D eigenvalue weighted by Crippen LogP contribution is -2.06. The zero-order chi connectivity index (χ0) is 26.3. The molecule has 3 nitrogen and oxygen atoms in total. The van der Waals surface area contributed by atoms with Crippen molar-refractivity contribution >= 4 is 8.60 Å². The molecule has 2 rings (SSSR count). The normalized spacial score (nSPS) is 11.3. The molecule has 2 aromatic carbocycles. The van der Waals surface area contributed by atoms with Crippen LogP contribution in [0, 0.1) is 13.8 Å².